The molecule has 0 aromatic heterocycles. The molecule has 93 heavy (non-hydrogen) atoms. The molecule has 24 N–H and O–H groups in total. The van der Waals surface area contributed by atoms with Gasteiger partial charge < -0.3 is 194 Å². The zero-order valence-corrected chi connectivity index (χ0v) is 50.1. The second-order valence-electron chi connectivity index (χ2n) is 23.9. The highest BCUT2D eigenvalue weighted by Gasteiger charge is 2.60. The van der Waals surface area contributed by atoms with Gasteiger partial charge in [0.05, 0.1) is 51.8 Å². The molecule has 8 rings (SSSR count). The molecule has 0 aromatic rings. The van der Waals surface area contributed by atoms with Crippen molar-refractivity contribution in [3.8, 4) is 0 Å². The first kappa shape index (κ1) is 76.2. The van der Waals surface area contributed by atoms with E-state index < -0.39 is 297 Å². The molecule has 0 radical (unpaired) electrons. The molecular weight excluding hydrogens is 1280 g/mol. The van der Waals surface area contributed by atoms with Crippen LogP contribution < -0.4 is 10.6 Å². The molecule has 8 saturated heterocycles. The summed E-state index contributed by atoms with van der Waals surface area (Å²) in [4.78, 5) is 26.2. The molecule has 0 bridgehead atoms. The van der Waals surface area contributed by atoms with Crippen molar-refractivity contribution < 1.29 is 193 Å². The molecule has 0 aliphatic carbocycles. The Morgan fingerprint density at radius 1 is 0.301 bits per heavy atom. The number of hydrogen-bond acceptors (Lipinski definition) is 39. The summed E-state index contributed by atoms with van der Waals surface area (Å²) in [6.45, 7) is -1.76. The van der Waals surface area contributed by atoms with Crippen LogP contribution in [0.4, 0.5) is 0 Å². The molecule has 41 heteroatoms. The van der Waals surface area contributed by atoms with Gasteiger partial charge in [-0.2, -0.15) is 0 Å². The van der Waals surface area contributed by atoms with Gasteiger partial charge in [0.15, 0.2) is 50.3 Å². The minimum Gasteiger partial charge on any atom is -0.394 e. The van der Waals surface area contributed by atoms with Crippen molar-refractivity contribution in [1.82, 2.24) is 10.6 Å². The maximum Gasteiger partial charge on any atom is 0.217 e. The van der Waals surface area contributed by atoms with Crippen LogP contribution in [0.5, 0.6) is 0 Å². The minimum atomic E-state index is -2.38. The van der Waals surface area contributed by atoms with Gasteiger partial charge >= 0.3 is 0 Å². The van der Waals surface area contributed by atoms with E-state index >= 15 is 0 Å². The predicted octanol–water partition coefficient (Wildman–Crippen LogP) is -16.1. The highest BCUT2D eigenvalue weighted by atomic mass is 16.8. The Bertz CT molecular complexity index is 2350. The van der Waals surface area contributed by atoms with E-state index in [2.05, 4.69) is 10.6 Å². The summed E-state index contributed by atoms with van der Waals surface area (Å²) in [6, 6.07) is -3.77. The average molecular weight is 1370 g/mol. The first-order chi connectivity index (χ1) is 43.9. The number of aliphatic hydroxyl groups is 22. The Morgan fingerprint density at radius 3 is 1.20 bits per heavy atom. The number of ether oxygens (including phenoxy) is 15. The summed E-state index contributed by atoms with van der Waals surface area (Å²) in [5.74, 6) is -1.84. The van der Waals surface area contributed by atoms with Crippen LogP contribution in [0, 0.1) is 0 Å². The number of carbonyl (C=O) groups excluding carboxylic acids is 2. The Morgan fingerprint density at radius 2 is 0.667 bits per heavy atom. The van der Waals surface area contributed by atoms with Gasteiger partial charge in [0.2, 0.25) is 11.8 Å². The second kappa shape index (κ2) is 32.6. The van der Waals surface area contributed by atoms with Crippen molar-refractivity contribution in [3.63, 3.8) is 0 Å². The van der Waals surface area contributed by atoms with E-state index in [1.54, 1.807) is 0 Å². The molecule has 0 saturated carbocycles. The van der Waals surface area contributed by atoms with Crippen molar-refractivity contribution in [3.05, 3.63) is 0 Å². The fraction of sp³-hybridized carbons (Fsp3) is 0.962. The highest BCUT2D eigenvalue weighted by molar-refractivity contribution is 5.73. The topological polar surface area (TPSA) is 642 Å². The fourth-order valence-electron chi connectivity index (χ4n) is 12.1. The lowest BCUT2D eigenvalue weighted by molar-refractivity contribution is -0.393. The van der Waals surface area contributed by atoms with E-state index in [-0.39, 0.29) is 0 Å². The van der Waals surface area contributed by atoms with Crippen LogP contribution in [0.1, 0.15) is 27.7 Å². The normalized spacial score (nSPS) is 51.6. The van der Waals surface area contributed by atoms with Crippen LogP contribution in [-0.4, -0.2) is 409 Å². The van der Waals surface area contributed by atoms with Crippen molar-refractivity contribution in [2.75, 3.05) is 39.6 Å². The first-order valence-electron chi connectivity index (χ1n) is 29.9. The van der Waals surface area contributed by atoms with Crippen molar-refractivity contribution in [2.24, 2.45) is 0 Å². The highest BCUT2D eigenvalue weighted by Crippen LogP contribution is 2.39. The quantitative estimate of drug-likeness (QED) is 0.0479. The molecular formula is C52H88N2O39. The van der Waals surface area contributed by atoms with E-state index in [9.17, 15) is 122 Å². The van der Waals surface area contributed by atoms with Gasteiger partial charge in [0.1, 0.15) is 183 Å². The number of rotatable bonds is 22. The fourth-order valence-corrected chi connectivity index (χ4v) is 12.1. The zero-order valence-electron chi connectivity index (χ0n) is 50.1. The van der Waals surface area contributed by atoms with Crippen molar-refractivity contribution in [2.45, 2.75) is 273 Å². The van der Waals surface area contributed by atoms with Crippen LogP contribution >= 0.6 is 0 Å². The van der Waals surface area contributed by atoms with Crippen LogP contribution in [0.25, 0.3) is 0 Å². The number of nitrogens with one attached hydrogen (secondary N) is 2. The van der Waals surface area contributed by atoms with E-state index in [1.165, 1.54) is 13.8 Å². The lowest BCUT2D eigenvalue weighted by Gasteiger charge is -2.51. The molecule has 8 fully saturated rings. The van der Waals surface area contributed by atoms with Crippen LogP contribution in [-0.2, 0) is 80.6 Å². The maximum atomic E-state index is 13.2. The Kier molecular flexibility index (Phi) is 26.7. The number of aliphatic hydroxyl groups excluding tert-OH is 22. The molecule has 0 unspecified atom stereocenters. The van der Waals surface area contributed by atoms with E-state index in [0.717, 1.165) is 13.8 Å². The van der Waals surface area contributed by atoms with Gasteiger partial charge in [-0.15, -0.1) is 0 Å². The molecule has 40 atom stereocenters. The van der Waals surface area contributed by atoms with Crippen molar-refractivity contribution >= 4 is 11.8 Å². The van der Waals surface area contributed by atoms with Gasteiger partial charge in [-0.05, 0) is 13.8 Å². The smallest absolute Gasteiger partial charge is 0.217 e. The Labute approximate surface area is 527 Å². The molecule has 41 nitrogen and oxygen atoms in total. The van der Waals surface area contributed by atoms with E-state index in [1.807, 2.05) is 0 Å². The summed E-state index contributed by atoms with van der Waals surface area (Å²) in [5, 5.41) is 244. The molecule has 8 heterocycles. The molecule has 0 aromatic carbocycles. The number of amides is 2. The predicted molar refractivity (Wildman–Crippen MR) is 285 cm³/mol. The minimum absolute atomic E-state index is 0.903. The SMILES string of the molecule is CC(=O)N[C@H]1[C@H](O[C@H]2[C@@H](O)[C@@H](CO[C@@H]3O[C@H](CO)[C@@H](O[C@@H]4O[C@H](CO)[C@H](O)[C@H](O)[C@H]4O)[C@H](O[C@@H]4O[C@@H](C)[C@@H](O)[C@@H](O)[C@@H]4O)[C@H]3NC(C)=O)O[C@@H](O[C@H]3[C@H](O)[C@@H](O)[C@H](O)O[C@@H]3CO)[C@@H]2O)O[C@H](CO)[C@@H](O[C@@H]2O[C@H](CO)[C@H](O)[C@H](O)[C@H]2O[C@@H]2O[C@@H](C)[C@@H](O)[C@@H](O)[C@@H]2O)[C@@H]1O. The van der Waals surface area contributed by atoms with Crippen LogP contribution in [0.3, 0.4) is 0 Å². The standard InChI is InChI=1S/C52H88N2O39/c1-11-23(62)29(68)35(74)48(80-11)91-42-22(54-14(4)61)46(85-19(9-59)41(42)90-50-37(76)31(70)25(64)15(5-55)83-50)79-10-20-27(66)43(38(77)51(87-20)88-40-17(7-57)82-45(78)34(73)33(40)72)92-47-21(53-13(3)60)28(67)39(18(8-58)86-47)89-52-44(32(71)26(65)16(6-56)84-52)93-49-36(75)30(69)24(63)12(2)81-49/h11-12,15-52,55-59,62-78H,5-10H2,1-4H3,(H,53,60)(H,54,61)/t11-,12-,15+,16+,17+,18+,19+,20+,21+,22+,23+,24+,25-,26-,27-,28+,29+,30+,31-,32-,33+,34+,35-,36-,37+,38+,39+,40+,41+,42+,43-,44+,45+,46+,47-,48-,49-,50-,51-,52-/m0/s1. The number of hydrogen-bond donors (Lipinski definition) is 24. The van der Waals surface area contributed by atoms with Gasteiger partial charge in [0, 0.05) is 13.8 Å². The van der Waals surface area contributed by atoms with Gasteiger partial charge in [0.25, 0.3) is 0 Å². The third kappa shape index (κ3) is 16.4. The third-order valence-electron chi connectivity index (χ3n) is 17.4. The number of carbonyl (C=O) groups is 2. The summed E-state index contributed by atoms with van der Waals surface area (Å²) >= 11 is 0. The third-order valence-corrected chi connectivity index (χ3v) is 17.4. The lowest BCUT2D eigenvalue weighted by Crippen LogP contribution is -2.70. The zero-order chi connectivity index (χ0) is 68.5. The molecule has 2 amide bonds. The van der Waals surface area contributed by atoms with Gasteiger partial charge in [-0.1, -0.05) is 0 Å². The molecule has 8 aliphatic rings. The Balaban J connectivity index is 1.11. The largest absolute Gasteiger partial charge is 0.394 e. The van der Waals surface area contributed by atoms with Gasteiger partial charge in [-0.3, -0.25) is 9.59 Å². The average Bonchev–Trinajstić information content (AvgIpc) is 0.835. The Hall–Kier alpha value is -2.54. The first-order valence-corrected chi connectivity index (χ1v) is 29.9. The molecule has 8 aliphatic heterocycles. The summed E-state index contributed by atoms with van der Waals surface area (Å²) < 4.78 is 88.2. The summed E-state index contributed by atoms with van der Waals surface area (Å²) in [5.41, 5.74) is 0. The second-order valence-corrected chi connectivity index (χ2v) is 23.9. The molecule has 0 spiro atoms. The van der Waals surface area contributed by atoms with Crippen molar-refractivity contribution in [1.29, 1.82) is 0 Å². The van der Waals surface area contributed by atoms with Crippen LogP contribution in [0.15, 0.2) is 0 Å². The van der Waals surface area contributed by atoms with E-state index in [4.69, 9.17) is 71.1 Å². The lowest BCUT2D eigenvalue weighted by atomic mass is 9.94. The monoisotopic (exact) mass is 1360 g/mol. The molecule has 540 valence electrons. The van der Waals surface area contributed by atoms with E-state index in [0.29, 0.717) is 0 Å². The summed E-state index contributed by atoms with van der Waals surface area (Å²) in [7, 11) is 0. The summed E-state index contributed by atoms with van der Waals surface area (Å²) in [6.07, 6.45) is -74.0. The van der Waals surface area contributed by atoms with Crippen LogP contribution in [0.2, 0.25) is 0 Å². The van der Waals surface area contributed by atoms with Gasteiger partial charge in [-0.25, -0.2) is 0 Å². The maximum absolute atomic E-state index is 13.2.